The van der Waals surface area contributed by atoms with Crippen molar-refractivity contribution in [3.63, 3.8) is 0 Å². The smallest absolute Gasteiger partial charge is 0.254 e. The number of nitrogens with zero attached hydrogens (tertiary/aromatic N) is 2. The van der Waals surface area contributed by atoms with Crippen LogP contribution in [0, 0.1) is 0 Å². The van der Waals surface area contributed by atoms with Gasteiger partial charge in [0.2, 0.25) is 5.91 Å². The summed E-state index contributed by atoms with van der Waals surface area (Å²) in [6, 6.07) is 18.4. The van der Waals surface area contributed by atoms with Gasteiger partial charge in [-0.2, -0.15) is 0 Å². The Morgan fingerprint density at radius 2 is 1.73 bits per heavy atom. The Bertz CT molecular complexity index is 1030. The Balaban J connectivity index is 1.66. The summed E-state index contributed by atoms with van der Waals surface area (Å²) in [7, 11) is 3.37. The fraction of sp³-hybridized carbons (Fsp3) is 0.250. The molecule has 0 saturated carbocycles. The molecule has 0 unspecified atom stereocenters. The van der Waals surface area contributed by atoms with Crippen molar-refractivity contribution in [2.24, 2.45) is 0 Å². The average molecular weight is 403 g/mol. The Kier molecular flexibility index (Phi) is 5.57. The maximum Gasteiger partial charge on any atom is 0.254 e. The zero-order valence-corrected chi connectivity index (χ0v) is 17.1. The lowest BCUT2D eigenvalue weighted by Crippen LogP contribution is -2.46. The molecule has 1 N–H and O–H groups in total. The number of likely N-dealkylation sites (N-methyl/N-ethyl adjacent to an activating group) is 1. The van der Waals surface area contributed by atoms with Crippen LogP contribution in [0.3, 0.4) is 0 Å². The number of nitrogens with one attached hydrogen (secondary N) is 1. The second-order valence-corrected chi connectivity index (χ2v) is 7.41. The molecule has 6 heteroatoms. The fourth-order valence-electron chi connectivity index (χ4n) is 4.11. The van der Waals surface area contributed by atoms with Crippen molar-refractivity contribution in [2.45, 2.75) is 18.5 Å². The molecule has 6 nitrogen and oxygen atoms in total. The first kappa shape index (κ1) is 19.8. The second kappa shape index (κ2) is 8.45. The third kappa shape index (κ3) is 3.68. The monoisotopic (exact) mass is 403 g/mol. The number of benzene rings is 2. The third-order valence-electron chi connectivity index (χ3n) is 5.65. The van der Waals surface area contributed by atoms with Crippen LogP contribution in [0.2, 0.25) is 0 Å². The van der Waals surface area contributed by atoms with Gasteiger partial charge in [0.05, 0.1) is 19.1 Å². The minimum Gasteiger partial charge on any atom is -0.497 e. The summed E-state index contributed by atoms with van der Waals surface area (Å²) in [5.74, 6) is 0.0659. The van der Waals surface area contributed by atoms with Gasteiger partial charge < -0.3 is 19.5 Å². The van der Waals surface area contributed by atoms with Crippen LogP contribution in [0.15, 0.2) is 73.1 Å². The third-order valence-corrected chi connectivity index (χ3v) is 5.65. The van der Waals surface area contributed by atoms with Gasteiger partial charge in [-0.05, 0) is 41.5 Å². The molecule has 0 spiro atoms. The zero-order valence-electron chi connectivity index (χ0n) is 17.1. The molecule has 0 bridgehead atoms. The lowest BCUT2D eigenvalue weighted by Gasteiger charge is -2.39. The molecule has 2 atom stereocenters. The molecule has 2 aromatic carbocycles. The van der Waals surface area contributed by atoms with Crippen molar-refractivity contribution >= 4 is 11.8 Å². The Labute approximate surface area is 176 Å². The summed E-state index contributed by atoms with van der Waals surface area (Å²) in [6.07, 6.45) is 3.93. The Morgan fingerprint density at radius 3 is 2.43 bits per heavy atom. The number of methoxy groups -OCH3 is 1. The van der Waals surface area contributed by atoms with Crippen molar-refractivity contribution in [3.05, 3.63) is 89.7 Å². The minimum absolute atomic E-state index is 0.0807. The summed E-state index contributed by atoms with van der Waals surface area (Å²) in [5.41, 5.74) is 2.24. The first-order chi connectivity index (χ1) is 14.6. The molecule has 1 aliphatic rings. The Hall–Kier alpha value is -3.54. The van der Waals surface area contributed by atoms with Gasteiger partial charge >= 0.3 is 0 Å². The van der Waals surface area contributed by atoms with Crippen molar-refractivity contribution in [3.8, 4) is 5.75 Å². The highest BCUT2D eigenvalue weighted by Crippen LogP contribution is 2.42. The number of aromatic nitrogens is 1. The van der Waals surface area contributed by atoms with Crippen LogP contribution in [0.25, 0.3) is 0 Å². The van der Waals surface area contributed by atoms with Gasteiger partial charge in [-0.25, -0.2) is 0 Å². The quantitative estimate of drug-likeness (QED) is 0.687. The average Bonchev–Trinajstić information content (AvgIpc) is 3.29. The molecular formula is C24H25N3O3. The number of carbonyl (C=O) groups excluding carboxylic acids is 2. The topological polar surface area (TPSA) is 63.6 Å². The van der Waals surface area contributed by atoms with Crippen LogP contribution >= 0.6 is 0 Å². The van der Waals surface area contributed by atoms with E-state index in [9.17, 15) is 9.59 Å². The first-order valence-corrected chi connectivity index (χ1v) is 9.98. The van der Waals surface area contributed by atoms with Crippen molar-refractivity contribution in [2.75, 3.05) is 20.7 Å². The van der Waals surface area contributed by atoms with E-state index in [0.717, 1.165) is 16.9 Å². The molecule has 0 aliphatic carbocycles. The molecule has 2 heterocycles. The highest BCUT2D eigenvalue weighted by Gasteiger charge is 2.42. The van der Waals surface area contributed by atoms with E-state index >= 15 is 0 Å². The molecule has 4 rings (SSSR count). The molecule has 0 radical (unpaired) electrons. The van der Waals surface area contributed by atoms with Crippen molar-refractivity contribution < 1.29 is 14.3 Å². The molecule has 3 aromatic rings. The van der Waals surface area contributed by atoms with Crippen LogP contribution in [-0.4, -0.2) is 42.0 Å². The van der Waals surface area contributed by atoms with Gasteiger partial charge in [-0.1, -0.05) is 30.3 Å². The van der Waals surface area contributed by atoms with Gasteiger partial charge in [0.15, 0.2) is 0 Å². The zero-order chi connectivity index (χ0) is 21.1. The van der Waals surface area contributed by atoms with Gasteiger partial charge in [-0.3, -0.25) is 9.59 Å². The van der Waals surface area contributed by atoms with Crippen LogP contribution in [0.4, 0.5) is 0 Å². The fourth-order valence-corrected chi connectivity index (χ4v) is 4.11. The summed E-state index contributed by atoms with van der Waals surface area (Å²) in [5, 5.41) is 3.07. The van der Waals surface area contributed by atoms with Crippen LogP contribution in [-0.2, 0) is 11.3 Å². The molecule has 2 amide bonds. The summed E-state index contributed by atoms with van der Waals surface area (Å²) >= 11 is 0. The van der Waals surface area contributed by atoms with E-state index in [4.69, 9.17) is 4.74 Å². The number of hydrogen-bond donors (Lipinski definition) is 1. The highest BCUT2D eigenvalue weighted by atomic mass is 16.5. The van der Waals surface area contributed by atoms with E-state index in [1.807, 2.05) is 71.6 Å². The number of hydrogen-bond acceptors (Lipinski definition) is 3. The van der Waals surface area contributed by atoms with Gasteiger partial charge in [0.25, 0.3) is 5.91 Å². The molecular weight excluding hydrogens is 378 g/mol. The summed E-state index contributed by atoms with van der Waals surface area (Å²) in [6.45, 7) is 1.20. The highest BCUT2D eigenvalue weighted by molar-refractivity contribution is 6.01. The SMILES string of the molecule is COc1ccc([C@@H]2[C@H](C(=O)NCCn3cccc3)c3ccccc3C(=O)N2C)cc1. The number of ether oxygens (including phenoxy) is 1. The maximum atomic E-state index is 13.4. The van der Waals surface area contributed by atoms with E-state index in [2.05, 4.69) is 5.32 Å². The van der Waals surface area contributed by atoms with Crippen molar-refractivity contribution in [1.82, 2.24) is 14.8 Å². The Morgan fingerprint density at radius 1 is 1.03 bits per heavy atom. The second-order valence-electron chi connectivity index (χ2n) is 7.41. The van der Waals surface area contributed by atoms with Crippen LogP contribution in [0.5, 0.6) is 5.75 Å². The lowest BCUT2D eigenvalue weighted by atomic mass is 9.79. The standard InChI is InChI=1S/C24H25N3O3/c1-26-22(17-9-11-18(30-2)12-10-17)21(19-7-3-4-8-20(19)24(26)29)23(28)25-13-16-27-14-5-6-15-27/h3-12,14-15,21-22H,13,16H2,1-2H3,(H,25,28)/t21-,22-/m1/s1. The van der Waals surface area contributed by atoms with E-state index in [-0.39, 0.29) is 11.8 Å². The predicted molar refractivity (Wildman–Crippen MR) is 114 cm³/mol. The maximum absolute atomic E-state index is 13.4. The minimum atomic E-state index is -0.498. The van der Waals surface area contributed by atoms with E-state index in [1.165, 1.54) is 0 Å². The van der Waals surface area contributed by atoms with Gasteiger partial charge in [0.1, 0.15) is 5.75 Å². The van der Waals surface area contributed by atoms with E-state index in [0.29, 0.717) is 18.7 Å². The first-order valence-electron chi connectivity index (χ1n) is 9.98. The molecule has 0 fully saturated rings. The number of fused-ring (bicyclic) bond motifs is 1. The number of rotatable bonds is 6. The van der Waals surface area contributed by atoms with Gasteiger partial charge in [-0.15, -0.1) is 0 Å². The number of amides is 2. The van der Waals surface area contributed by atoms with Crippen molar-refractivity contribution in [1.29, 1.82) is 0 Å². The predicted octanol–water partition coefficient (Wildman–Crippen LogP) is 3.22. The molecule has 1 aliphatic heterocycles. The normalized spacial score (nSPS) is 18.1. The molecule has 30 heavy (non-hydrogen) atoms. The molecule has 0 saturated heterocycles. The van der Waals surface area contributed by atoms with Crippen LogP contribution in [0.1, 0.15) is 33.4 Å². The largest absolute Gasteiger partial charge is 0.497 e. The van der Waals surface area contributed by atoms with E-state index < -0.39 is 12.0 Å². The van der Waals surface area contributed by atoms with Gasteiger partial charge in [0, 0.05) is 38.1 Å². The van der Waals surface area contributed by atoms with Crippen LogP contribution < -0.4 is 10.1 Å². The molecule has 154 valence electrons. The molecule has 1 aromatic heterocycles. The number of carbonyl (C=O) groups is 2. The summed E-state index contributed by atoms with van der Waals surface area (Å²) in [4.78, 5) is 28.1. The lowest BCUT2D eigenvalue weighted by molar-refractivity contribution is -0.124. The van der Waals surface area contributed by atoms with E-state index in [1.54, 1.807) is 25.1 Å². The summed E-state index contributed by atoms with van der Waals surface area (Å²) < 4.78 is 7.28.